The van der Waals surface area contributed by atoms with Crippen molar-refractivity contribution in [3.8, 4) is 11.5 Å². The summed E-state index contributed by atoms with van der Waals surface area (Å²) in [6, 6.07) is 4.19. The highest BCUT2D eigenvalue weighted by atomic mass is 16.3. The molecule has 0 heterocycles. The molecule has 5 heteroatoms. The fourth-order valence-electron chi connectivity index (χ4n) is 1.50. The number of aromatic hydroxyl groups is 2. The zero-order chi connectivity index (χ0) is 12.8. The van der Waals surface area contributed by atoms with Crippen LogP contribution in [0.1, 0.15) is 23.7 Å². The summed E-state index contributed by atoms with van der Waals surface area (Å²) in [4.78, 5) is 11.7. The fraction of sp³-hybridized carbons (Fsp3) is 0.417. The summed E-state index contributed by atoms with van der Waals surface area (Å²) in [5.41, 5.74) is 5.31. The third-order valence-electron chi connectivity index (χ3n) is 2.52. The van der Waals surface area contributed by atoms with E-state index in [1.54, 1.807) is 0 Å². The number of hydrogen-bond donors (Lipinski definition) is 4. The third-order valence-corrected chi connectivity index (χ3v) is 2.52. The molecule has 1 rings (SSSR count). The van der Waals surface area contributed by atoms with E-state index in [0.29, 0.717) is 13.1 Å². The number of amides is 1. The van der Waals surface area contributed by atoms with Gasteiger partial charge in [-0.1, -0.05) is 13.0 Å². The van der Waals surface area contributed by atoms with Crippen LogP contribution in [-0.4, -0.2) is 29.2 Å². The molecule has 1 aromatic carbocycles. The number of hydrogen-bond acceptors (Lipinski definition) is 4. The largest absolute Gasteiger partial charge is 0.507 e. The van der Waals surface area contributed by atoms with Crippen molar-refractivity contribution in [2.45, 2.75) is 13.3 Å². The minimum atomic E-state index is -0.482. The van der Waals surface area contributed by atoms with Crippen LogP contribution < -0.4 is 11.1 Å². The number of phenolic OH excluding ortho intramolecular Hbond substituents is 2. The molecule has 17 heavy (non-hydrogen) atoms. The topological polar surface area (TPSA) is 95.6 Å². The molecule has 1 unspecified atom stereocenters. The highest BCUT2D eigenvalue weighted by Gasteiger charge is 2.16. The zero-order valence-electron chi connectivity index (χ0n) is 9.81. The highest BCUT2D eigenvalue weighted by Crippen LogP contribution is 2.25. The van der Waals surface area contributed by atoms with E-state index in [1.165, 1.54) is 18.2 Å². The molecule has 0 bridgehead atoms. The van der Waals surface area contributed by atoms with Crippen LogP contribution in [0.15, 0.2) is 18.2 Å². The van der Waals surface area contributed by atoms with E-state index in [2.05, 4.69) is 5.32 Å². The van der Waals surface area contributed by atoms with Crippen molar-refractivity contribution in [3.63, 3.8) is 0 Å². The van der Waals surface area contributed by atoms with Crippen LogP contribution in [-0.2, 0) is 0 Å². The molecule has 0 aliphatic rings. The fourth-order valence-corrected chi connectivity index (χ4v) is 1.50. The maximum absolute atomic E-state index is 11.7. The lowest BCUT2D eigenvalue weighted by molar-refractivity contribution is 0.0942. The molecule has 94 valence electrons. The summed E-state index contributed by atoms with van der Waals surface area (Å²) < 4.78 is 0. The summed E-state index contributed by atoms with van der Waals surface area (Å²) in [6.07, 6.45) is 0.813. The minimum absolute atomic E-state index is 0.0903. The van der Waals surface area contributed by atoms with Gasteiger partial charge in [0.1, 0.15) is 17.1 Å². The van der Waals surface area contributed by atoms with Gasteiger partial charge in [0.2, 0.25) is 0 Å². The summed E-state index contributed by atoms with van der Waals surface area (Å²) in [5, 5.41) is 21.6. The van der Waals surface area contributed by atoms with Gasteiger partial charge in [0.15, 0.2) is 0 Å². The second kappa shape index (κ2) is 6.10. The second-order valence-corrected chi connectivity index (χ2v) is 4.06. The van der Waals surface area contributed by atoms with Crippen molar-refractivity contribution >= 4 is 5.91 Å². The van der Waals surface area contributed by atoms with Gasteiger partial charge in [-0.25, -0.2) is 0 Å². The number of nitrogens with one attached hydrogen (secondary N) is 1. The third kappa shape index (κ3) is 3.64. The highest BCUT2D eigenvalue weighted by molar-refractivity contribution is 5.99. The summed E-state index contributed by atoms with van der Waals surface area (Å²) in [5.74, 6) is -0.677. The van der Waals surface area contributed by atoms with Crippen LogP contribution in [0.5, 0.6) is 11.5 Å². The van der Waals surface area contributed by atoms with Crippen LogP contribution in [0.25, 0.3) is 0 Å². The van der Waals surface area contributed by atoms with E-state index in [0.717, 1.165) is 6.42 Å². The molecule has 0 spiro atoms. The Kier molecular flexibility index (Phi) is 4.78. The molecular formula is C12H18N2O3. The molecule has 0 saturated carbocycles. The van der Waals surface area contributed by atoms with Crippen LogP contribution in [0.4, 0.5) is 0 Å². The Morgan fingerprint density at radius 3 is 2.53 bits per heavy atom. The van der Waals surface area contributed by atoms with Crippen LogP contribution in [0, 0.1) is 5.92 Å². The first-order valence-corrected chi connectivity index (χ1v) is 5.55. The molecule has 0 saturated heterocycles. The molecule has 5 nitrogen and oxygen atoms in total. The van der Waals surface area contributed by atoms with Gasteiger partial charge < -0.3 is 21.3 Å². The first-order chi connectivity index (χ1) is 8.06. The normalized spacial score (nSPS) is 12.1. The number of carbonyl (C=O) groups excluding carboxylic acids is 1. The molecule has 0 aliphatic carbocycles. The van der Waals surface area contributed by atoms with Crippen LogP contribution in [0.2, 0.25) is 0 Å². The zero-order valence-corrected chi connectivity index (χ0v) is 9.81. The Labute approximate surface area is 100 Å². The van der Waals surface area contributed by atoms with E-state index in [1.807, 2.05) is 6.92 Å². The van der Waals surface area contributed by atoms with Crippen molar-refractivity contribution in [3.05, 3.63) is 23.8 Å². The SMILES string of the molecule is CC(CCN)CNC(=O)c1c(O)cccc1O. The number of benzene rings is 1. The lowest BCUT2D eigenvalue weighted by Gasteiger charge is -2.12. The molecular weight excluding hydrogens is 220 g/mol. The average Bonchev–Trinajstić information content (AvgIpc) is 2.26. The molecule has 0 fully saturated rings. The Hall–Kier alpha value is -1.75. The first kappa shape index (κ1) is 13.3. The van der Waals surface area contributed by atoms with Gasteiger partial charge in [0.25, 0.3) is 5.91 Å². The second-order valence-electron chi connectivity index (χ2n) is 4.06. The van der Waals surface area contributed by atoms with Gasteiger partial charge in [-0.2, -0.15) is 0 Å². The molecule has 1 aromatic rings. The molecule has 5 N–H and O–H groups in total. The van der Waals surface area contributed by atoms with Crippen molar-refractivity contribution in [1.29, 1.82) is 0 Å². The summed E-state index contributed by atoms with van der Waals surface area (Å²) in [7, 11) is 0. The van der Waals surface area contributed by atoms with E-state index >= 15 is 0 Å². The Balaban J connectivity index is 2.64. The quantitative estimate of drug-likeness (QED) is 0.610. The van der Waals surface area contributed by atoms with Crippen LogP contribution >= 0.6 is 0 Å². The van der Waals surface area contributed by atoms with E-state index in [4.69, 9.17) is 5.73 Å². The predicted octanol–water partition coefficient (Wildman–Crippen LogP) is 0.812. The number of carbonyl (C=O) groups is 1. The number of phenols is 2. The van der Waals surface area contributed by atoms with Crippen molar-refractivity contribution in [1.82, 2.24) is 5.32 Å². The van der Waals surface area contributed by atoms with Crippen molar-refractivity contribution in [2.75, 3.05) is 13.1 Å². The van der Waals surface area contributed by atoms with E-state index in [9.17, 15) is 15.0 Å². The first-order valence-electron chi connectivity index (χ1n) is 5.55. The maximum atomic E-state index is 11.7. The minimum Gasteiger partial charge on any atom is -0.507 e. The van der Waals surface area contributed by atoms with Crippen LogP contribution in [0.3, 0.4) is 0 Å². The lowest BCUT2D eigenvalue weighted by Crippen LogP contribution is -2.29. The smallest absolute Gasteiger partial charge is 0.258 e. The Morgan fingerprint density at radius 2 is 2.00 bits per heavy atom. The Morgan fingerprint density at radius 1 is 1.41 bits per heavy atom. The average molecular weight is 238 g/mol. The number of nitrogens with two attached hydrogens (primary N) is 1. The standard InChI is InChI=1S/C12H18N2O3/c1-8(5-6-13)7-14-12(17)11-9(15)3-2-4-10(11)16/h2-4,8,15-16H,5-7,13H2,1H3,(H,14,17). The Bertz CT molecular complexity index is 373. The van der Waals surface area contributed by atoms with Crippen molar-refractivity contribution in [2.24, 2.45) is 11.7 Å². The molecule has 1 atom stereocenters. The lowest BCUT2D eigenvalue weighted by atomic mass is 10.1. The molecule has 1 amide bonds. The van der Waals surface area contributed by atoms with Gasteiger partial charge in [-0.15, -0.1) is 0 Å². The molecule has 0 aromatic heterocycles. The summed E-state index contributed by atoms with van der Waals surface area (Å²) >= 11 is 0. The van der Waals surface area contributed by atoms with Gasteiger partial charge in [-0.05, 0) is 31.0 Å². The van der Waals surface area contributed by atoms with Gasteiger partial charge in [0.05, 0.1) is 0 Å². The van der Waals surface area contributed by atoms with Gasteiger partial charge in [-0.3, -0.25) is 4.79 Å². The monoisotopic (exact) mass is 238 g/mol. The van der Waals surface area contributed by atoms with Gasteiger partial charge >= 0.3 is 0 Å². The predicted molar refractivity (Wildman–Crippen MR) is 64.9 cm³/mol. The number of rotatable bonds is 5. The van der Waals surface area contributed by atoms with Crippen molar-refractivity contribution < 1.29 is 15.0 Å². The van der Waals surface area contributed by atoms with E-state index in [-0.39, 0.29) is 23.0 Å². The molecule has 0 aliphatic heterocycles. The molecule has 0 radical (unpaired) electrons. The maximum Gasteiger partial charge on any atom is 0.258 e. The van der Waals surface area contributed by atoms with Gasteiger partial charge in [0, 0.05) is 6.54 Å². The summed E-state index contributed by atoms with van der Waals surface area (Å²) in [6.45, 7) is 3.00. The van der Waals surface area contributed by atoms with E-state index < -0.39 is 5.91 Å².